The number of amides is 1. The summed E-state index contributed by atoms with van der Waals surface area (Å²) in [6.07, 6.45) is 4.29. The fourth-order valence-electron chi connectivity index (χ4n) is 3.43. The van der Waals surface area contributed by atoms with Gasteiger partial charge in [-0.15, -0.1) is 11.8 Å². The number of fused-ring (bicyclic) bond motifs is 1. The summed E-state index contributed by atoms with van der Waals surface area (Å²) in [5, 5.41) is 0.974. The average molecular weight is 366 g/mol. The van der Waals surface area contributed by atoms with Crippen molar-refractivity contribution in [2.45, 2.75) is 30.6 Å². The molecule has 0 spiro atoms. The highest BCUT2D eigenvalue weighted by Crippen LogP contribution is 2.43. The second kappa shape index (κ2) is 7.19. The van der Waals surface area contributed by atoms with E-state index in [9.17, 15) is 9.59 Å². The first-order valence-corrected chi connectivity index (χ1v) is 9.24. The summed E-state index contributed by atoms with van der Waals surface area (Å²) in [4.78, 5) is 27.0. The van der Waals surface area contributed by atoms with Crippen molar-refractivity contribution >= 4 is 41.3 Å². The molecule has 3 unspecified atom stereocenters. The van der Waals surface area contributed by atoms with Gasteiger partial charge in [-0.2, -0.15) is 0 Å². The Hall–Kier alpha value is -1.46. The van der Waals surface area contributed by atoms with Crippen LogP contribution in [0.25, 0.3) is 6.08 Å². The first-order chi connectivity index (χ1) is 11.5. The summed E-state index contributed by atoms with van der Waals surface area (Å²) in [7, 11) is 3.25. The molecule has 0 N–H and O–H groups in total. The van der Waals surface area contributed by atoms with Crippen molar-refractivity contribution in [2.75, 3.05) is 14.2 Å². The molecule has 0 bridgehead atoms. The van der Waals surface area contributed by atoms with E-state index in [0.717, 1.165) is 23.3 Å². The number of rotatable bonds is 2. The number of halogens is 1. The molecule has 2 fully saturated rings. The smallest absolute Gasteiger partial charge is 0.308 e. The minimum Gasteiger partial charge on any atom is -0.469 e. The number of benzene rings is 1. The summed E-state index contributed by atoms with van der Waals surface area (Å²) in [5.41, 5.74) is 0.924. The van der Waals surface area contributed by atoms with Crippen molar-refractivity contribution < 1.29 is 14.3 Å². The van der Waals surface area contributed by atoms with Crippen molar-refractivity contribution in [3.63, 3.8) is 0 Å². The number of methoxy groups -OCH3 is 1. The van der Waals surface area contributed by atoms with Crippen LogP contribution in [0.3, 0.4) is 0 Å². The van der Waals surface area contributed by atoms with Gasteiger partial charge in [0.05, 0.1) is 17.9 Å². The molecular weight excluding hydrogens is 346 g/mol. The molecule has 1 saturated carbocycles. The molecule has 6 heteroatoms. The fraction of sp³-hybridized carbons (Fsp3) is 0.444. The minimum absolute atomic E-state index is 0.00624. The van der Waals surface area contributed by atoms with Crippen LogP contribution in [0, 0.1) is 5.92 Å². The number of hydrogen-bond acceptors (Lipinski definition) is 4. The molecule has 4 nitrogen and oxygen atoms in total. The quantitative estimate of drug-likeness (QED) is 0.593. The van der Waals surface area contributed by atoms with Crippen LogP contribution in [0.1, 0.15) is 24.8 Å². The summed E-state index contributed by atoms with van der Waals surface area (Å²) in [6.45, 7) is 0. The molecule has 1 heterocycles. The third-order valence-corrected chi connectivity index (χ3v) is 6.38. The Kier molecular flexibility index (Phi) is 5.21. The number of thioether (sulfide) groups is 1. The van der Waals surface area contributed by atoms with E-state index in [0.29, 0.717) is 16.7 Å². The summed E-state index contributed by atoms with van der Waals surface area (Å²) < 4.78 is 4.87. The first-order valence-electron chi connectivity index (χ1n) is 7.98. The summed E-state index contributed by atoms with van der Waals surface area (Å²) >= 11 is 7.65. The molecule has 1 aliphatic heterocycles. The molecule has 0 radical (unpaired) electrons. The van der Waals surface area contributed by atoms with Crippen molar-refractivity contribution in [3.05, 3.63) is 39.8 Å². The molecule has 1 aromatic carbocycles. The van der Waals surface area contributed by atoms with Gasteiger partial charge in [0, 0.05) is 23.4 Å². The maximum Gasteiger partial charge on any atom is 0.308 e. The predicted octanol–water partition coefficient (Wildman–Crippen LogP) is 3.60. The third-order valence-electron chi connectivity index (χ3n) is 4.74. The topological polar surface area (TPSA) is 46.6 Å². The van der Waals surface area contributed by atoms with Crippen molar-refractivity contribution in [3.8, 4) is 0 Å². The van der Waals surface area contributed by atoms with Crippen LogP contribution in [-0.2, 0) is 14.3 Å². The lowest BCUT2D eigenvalue weighted by molar-refractivity contribution is -0.148. The van der Waals surface area contributed by atoms with Crippen molar-refractivity contribution in [1.82, 2.24) is 4.90 Å². The van der Waals surface area contributed by atoms with Crippen LogP contribution in [0.5, 0.6) is 0 Å². The maximum absolute atomic E-state index is 12.7. The lowest BCUT2D eigenvalue weighted by atomic mass is 9.84. The zero-order valence-corrected chi connectivity index (χ0v) is 15.3. The summed E-state index contributed by atoms with van der Waals surface area (Å²) in [6, 6.07) is 7.56. The first kappa shape index (κ1) is 17.4. The van der Waals surface area contributed by atoms with Gasteiger partial charge in [-0.05, 0) is 43.0 Å². The SMILES string of the molecule is COC(=O)C1CCC2S/C(=C\c3cccc(Cl)c3)C(=O)N(C)C2C1. The number of nitrogens with zero attached hydrogens (tertiary/aromatic N) is 1. The number of ether oxygens (including phenoxy) is 1. The molecule has 24 heavy (non-hydrogen) atoms. The van der Waals surface area contributed by atoms with E-state index in [4.69, 9.17) is 16.3 Å². The number of esters is 1. The van der Waals surface area contributed by atoms with E-state index in [1.54, 1.807) is 16.7 Å². The Morgan fingerprint density at radius 2 is 2.21 bits per heavy atom. The van der Waals surface area contributed by atoms with Gasteiger partial charge >= 0.3 is 5.97 Å². The number of carbonyl (C=O) groups excluding carboxylic acids is 2. The van der Waals surface area contributed by atoms with Gasteiger partial charge in [0.15, 0.2) is 0 Å². The Balaban J connectivity index is 1.80. The molecule has 3 atom stereocenters. The van der Waals surface area contributed by atoms with Gasteiger partial charge in [0.25, 0.3) is 5.91 Å². The van der Waals surface area contributed by atoms with E-state index in [-0.39, 0.29) is 23.8 Å². The zero-order valence-electron chi connectivity index (χ0n) is 13.7. The fourth-order valence-corrected chi connectivity index (χ4v) is 5.10. The average Bonchev–Trinajstić information content (AvgIpc) is 2.58. The Labute approximate surface area is 151 Å². The van der Waals surface area contributed by atoms with Crippen LogP contribution >= 0.6 is 23.4 Å². The van der Waals surface area contributed by atoms with Gasteiger partial charge in [-0.25, -0.2) is 0 Å². The van der Waals surface area contributed by atoms with Crippen molar-refractivity contribution in [2.24, 2.45) is 5.92 Å². The van der Waals surface area contributed by atoms with Gasteiger partial charge in [-0.3, -0.25) is 9.59 Å². The molecule has 2 aliphatic rings. The Morgan fingerprint density at radius 3 is 2.92 bits per heavy atom. The molecular formula is C18H20ClNO3S. The van der Waals surface area contributed by atoms with Crippen LogP contribution < -0.4 is 0 Å². The van der Waals surface area contributed by atoms with E-state index >= 15 is 0 Å². The highest BCUT2D eigenvalue weighted by atomic mass is 35.5. The normalized spacial score (nSPS) is 28.6. The second-order valence-corrected chi connectivity index (χ2v) is 7.95. The van der Waals surface area contributed by atoms with E-state index < -0.39 is 0 Å². The van der Waals surface area contributed by atoms with E-state index in [1.807, 2.05) is 37.4 Å². The lowest BCUT2D eigenvalue weighted by Crippen LogP contribution is -2.51. The molecule has 128 valence electrons. The third kappa shape index (κ3) is 3.47. The van der Waals surface area contributed by atoms with Crippen LogP contribution in [-0.4, -0.2) is 42.2 Å². The number of hydrogen-bond donors (Lipinski definition) is 0. The molecule has 1 aromatic rings. The highest BCUT2D eigenvalue weighted by molar-refractivity contribution is 8.04. The molecule has 3 rings (SSSR count). The predicted molar refractivity (Wildman–Crippen MR) is 96.7 cm³/mol. The largest absolute Gasteiger partial charge is 0.469 e. The number of likely N-dealkylation sites (N-methyl/N-ethyl adjacent to an activating group) is 1. The summed E-state index contributed by atoms with van der Waals surface area (Å²) in [5.74, 6) is -0.267. The molecule has 1 amide bonds. The lowest BCUT2D eigenvalue weighted by Gasteiger charge is -2.44. The zero-order chi connectivity index (χ0) is 17.3. The van der Waals surface area contributed by atoms with E-state index in [1.165, 1.54) is 7.11 Å². The van der Waals surface area contributed by atoms with Crippen LogP contribution in [0.15, 0.2) is 29.2 Å². The monoisotopic (exact) mass is 365 g/mol. The molecule has 1 saturated heterocycles. The Morgan fingerprint density at radius 1 is 1.42 bits per heavy atom. The van der Waals surface area contributed by atoms with Gasteiger partial charge in [-0.1, -0.05) is 23.7 Å². The Bertz CT molecular complexity index is 691. The maximum atomic E-state index is 12.7. The van der Waals surface area contributed by atoms with E-state index in [2.05, 4.69) is 0 Å². The van der Waals surface area contributed by atoms with Gasteiger partial charge in [0.1, 0.15) is 0 Å². The standard InChI is InChI=1S/C18H20ClNO3S/c1-20-14-10-12(18(22)23-2)6-7-15(14)24-16(17(20)21)9-11-4-3-5-13(19)8-11/h3-5,8-9,12,14-15H,6-7,10H2,1-2H3/b16-9-. The van der Waals surface area contributed by atoms with Gasteiger partial charge in [0.2, 0.25) is 0 Å². The van der Waals surface area contributed by atoms with Crippen molar-refractivity contribution in [1.29, 1.82) is 0 Å². The molecule has 0 aromatic heterocycles. The number of carbonyl (C=O) groups is 2. The second-order valence-electron chi connectivity index (χ2n) is 6.24. The van der Waals surface area contributed by atoms with Crippen LogP contribution in [0.2, 0.25) is 5.02 Å². The molecule has 1 aliphatic carbocycles. The van der Waals surface area contributed by atoms with Gasteiger partial charge < -0.3 is 9.64 Å². The van der Waals surface area contributed by atoms with Crippen LogP contribution in [0.4, 0.5) is 0 Å². The minimum atomic E-state index is -0.167. The highest BCUT2D eigenvalue weighted by Gasteiger charge is 2.43.